The molecule has 1 unspecified atom stereocenters. The topological polar surface area (TPSA) is 79.5 Å². The third kappa shape index (κ3) is 4.92. The van der Waals surface area contributed by atoms with Crippen molar-refractivity contribution in [1.29, 1.82) is 0 Å². The van der Waals surface area contributed by atoms with E-state index in [9.17, 15) is 9.59 Å². The molecule has 3 rings (SSSR count). The molecule has 0 aliphatic carbocycles. The van der Waals surface area contributed by atoms with Gasteiger partial charge >= 0.3 is 0 Å². The van der Waals surface area contributed by atoms with Gasteiger partial charge < -0.3 is 20.7 Å². The minimum absolute atomic E-state index is 0. The Hall–Kier alpha value is -1.63. The normalized spacial score (nSPS) is 20.5. The van der Waals surface area contributed by atoms with Crippen molar-refractivity contribution < 1.29 is 14.3 Å². The molecule has 1 aromatic rings. The Balaban J connectivity index is 0.00000192. The fourth-order valence-corrected chi connectivity index (χ4v) is 2.84. The molecule has 23 heavy (non-hydrogen) atoms. The molecule has 2 heterocycles. The van der Waals surface area contributed by atoms with Crippen LogP contribution in [-0.2, 0) is 20.7 Å². The molecule has 1 aromatic carbocycles. The molecule has 0 radical (unpaired) electrons. The van der Waals surface area contributed by atoms with Gasteiger partial charge in [-0.25, -0.2) is 0 Å². The molecule has 1 fully saturated rings. The highest BCUT2D eigenvalue weighted by atomic mass is 35.5. The molecule has 2 amide bonds. The van der Waals surface area contributed by atoms with Crippen molar-refractivity contribution in [2.75, 3.05) is 30.4 Å². The summed E-state index contributed by atoms with van der Waals surface area (Å²) in [4.78, 5) is 23.6. The van der Waals surface area contributed by atoms with Crippen molar-refractivity contribution in [3.63, 3.8) is 0 Å². The van der Waals surface area contributed by atoms with E-state index in [1.807, 2.05) is 18.2 Å². The average molecular weight is 340 g/mol. The zero-order valence-corrected chi connectivity index (χ0v) is 13.7. The van der Waals surface area contributed by atoms with Gasteiger partial charge in [-0.3, -0.25) is 9.59 Å². The monoisotopic (exact) mass is 339 g/mol. The Bertz CT molecular complexity index is 574. The lowest BCUT2D eigenvalue weighted by molar-refractivity contribution is -0.117. The SMILES string of the molecule is Cl.O=C(CC1COCCN1)Nc1ccc2c(c1)CCCC(=O)N2. The lowest BCUT2D eigenvalue weighted by atomic mass is 10.1. The zero-order chi connectivity index (χ0) is 15.4. The molecule has 0 bridgehead atoms. The van der Waals surface area contributed by atoms with E-state index >= 15 is 0 Å². The summed E-state index contributed by atoms with van der Waals surface area (Å²) in [5.41, 5.74) is 2.70. The van der Waals surface area contributed by atoms with Crippen molar-refractivity contribution in [2.45, 2.75) is 31.7 Å². The number of nitrogens with one attached hydrogen (secondary N) is 3. The fourth-order valence-electron chi connectivity index (χ4n) is 2.84. The second kappa shape index (κ2) is 8.29. The van der Waals surface area contributed by atoms with E-state index in [2.05, 4.69) is 16.0 Å². The van der Waals surface area contributed by atoms with Gasteiger partial charge in [0.25, 0.3) is 0 Å². The van der Waals surface area contributed by atoms with Crippen molar-refractivity contribution in [3.8, 4) is 0 Å². The summed E-state index contributed by atoms with van der Waals surface area (Å²) in [5, 5.41) is 9.08. The predicted molar refractivity (Wildman–Crippen MR) is 91.1 cm³/mol. The number of carbonyl (C=O) groups excluding carboxylic acids is 2. The number of amides is 2. The van der Waals surface area contributed by atoms with Crippen LogP contribution in [0.25, 0.3) is 0 Å². The molecule has 7 heteroatoms. The third-order valence-electron chi connectivity index (χ3n) is 3.94. The number of carbonyl (C=O) groups is 2. The maximum atomic E-state index is 12.1. The molecule has 2 aliphatic rings. The first-order valence-electron chi connectivity index (χ1n) is 7.74. The molecule has 0 spiro atoms. The lowest BCUT2D eigenvalue weighted by Gasteiger charge is -2.23. The average Bonchev–Trinajstić information content (AvgIpc) is 2.68. The van der Waals surface area contributed by atoms with Gasteiger partial charge in [-0.2, -0.15) is 0 Å². The van der Waals surface area contributed by atoms with E-state index in [-0.39, 0.29) is 30.3 Å². The van der Waals surface area contributed by atoms with Crippen molar-refractivity contribution in [1.82, 2.24) is 5.32 Å². The maximum absolute atomic E-state index is 12.1. The third-order valence-corrected chi connectivity index (χ3v) is 3.94. The number of hydrogen-bond acceptors (Lipinski definition) is 4. The van der Waals surface area contributed by atoms with Gasteiger partial charge in [0.1, 0.15) is 0 Å². The molecule has 6 nitrogen and oxygen atoms in total. The van der Waals surface area contributed by atoms with Gasteiger partial charge in [0.15, 0.2) is 0 Å². The maximum Gasteiger partial charge on any atom is 0.226 e. The number of benzene rings is 1. The standard InChI is InChI=1S/C16H21N3O3.ClH/c20-15-3-1-2-11-8-12(4-5-14(11)19-15)18-16(21)9-13-10-22-7-6-17-13;/h4-5,8,13,17H,1-3,6-7,9-10H2,(H,18,21)(H,19,20);1H. The van der Waals surface area contributed by atoms with Crippen LogP contribution in [0, 0.1) is 0 Å². The number of fused-ring (bicyclic) bond motifs is 1. The molecule has 0 aromatic heterocycles. The summed E-state index contributed by atoms with van der Waals surface area (Å²) in [6.07, 6.45) is 2.62. The van der Waals surface area contributed by atoms with Crippen molar-refractivity contribution in [2.24, 2.45) is 0 Å². The number of hydrogen-bond donors (Lipinski definition) is 3. The van der Waals surface area contributed by atoms with E-state index in [1.165, 1.54) is 0 Å². The van der Waals surface area contributed by atoms with Crippen molar-refractivity contribution in [3.05, 3.63) is 23.8 Å². The van der Waals surface area contributed by atoms with Crippen LogP contribution in [0.4, 0.5) is 11.4 Å². The Morgan fingerprint density at radius 1 is 1.35 bits per heavy atom. The summed E-state index contributed by atoms with van der Waals surface area (Å²) in [5.74, 6) is 0.0273. The Kier molecular flexibility index (Phi) is 6.38. The summed E-state index contributed by atoms with van der Waals surface area (Å²) in [7, 11) is 0. The van der Waals surface area contributed by atoms with E-state index in [0.29, 0.717) is 26.1 Å². The number of ether oxygens (including phenoxy) is 1. The van der Waals surface area contributed by atoms with Crippen LogP contribution in [0.5, 0.6) is 0 Å². The summed E-state index contributed by atoms with van der Waals surface area (Å²) < 4.78 is 5.35. The molecular formula is C16H22ClN3O3. The van der Waals surface area contributed by atoms with Gasteiger partial charge in [-0.05, 0) is 36.6 Å². The first-order chi connectivity index (χ1) is 10.7. The highest BCUT2D eigenvalue weighted by molar-refractivity contribution is 5.94. The second-order valence-corrected chi connectivity index (χ2v) is 5.75. The Morgan fingerprint density at radius 3 is 3.00 bits per heavy atom. The van der Waals surface area contributed by atoms with Crippen LogP contribution in [0.1, 0.15) is 24.8 Å². The number of anilines is 2. The minimum atomic E-state index is -0.0272. The summed E-state index contributed by atoms with van der Waals surface area (Å²) in [6, 6.07) is 5.71. The van der Waals surface area contributed by atoms with E-state index < -0.39 is 0 Å². The van der Waals surface area contributed by atoms with Crippen LogP contribution in [0.2, 0.25) is 0 Å². The van der Waals surface area contributed by atoms with E-state index in [4.69, 9.17) is 4.74 Å². The second-order valence-electron chi connectivity index (χ2n) is 5.75. The van der Waals surface area contributed by atoms with E-state index in [1.54, 1.807) is 0 Å². The smallest absolute Gasteiger partial charge is 0.226 e. The van der Waals surface area contributed by atoms with Gasteiger partial charge in [0, 0.05) is 36.8 Å². The van der Waals surface area contributed by atoms with Crippen LogP contribution in [0.3, 0.4) is 0 Å². The Morgan fingerprint density at radius 2 is 2.22 bits per heavy atom. The number of rotatable bonds is 3. The molecular weight excluding hydrogens is 318 g/mol. The number of morpholine rings is 1. The largest absolute Gasteiger partial charge is 0.378 e. The van der Waals surface area contributed by atoms with Crippen LogP contribution < -0.4 is 16.0 Å². The zero-order valence-electron chi connectivity index (χ0n) is 12.9. The van der Waals surface area contributed by atoms with Crippen LogP contribution >= 0.6 is 12.4 Å². The number of aryl methyl sites for hydroxylation is 1. The molecule has 1 atom stereocenters. The van der Waals surface area contributed by atoms with Gasteiger partial charge in [0.05, 0.1) is 13.2 Å². The van der Waals surface area contributed by atoms with Crippen LogP contribution in [0.15, 0.2) is 18.2 Å². The molecule has 1 saturated heterocycles. The molecule has 0 saturated carbocycles. The fraction of sp³-hybridized carbons (Fsp3) is 0.500. The van der Waals surface area contributed by atoms with Crippen molar-refractivity contribution >= 4 is 35.6 Å². The highest BCUT2D eigenvalue weighted by Crippen LogP contribution is 2.25. The molecule has 126 valence electrons. The summed E-state index contributed by atoms with van der Waals surface area (Å²) >= 11 is 0. The van der Waals surface area contributed by atoms with Gasteiger partial charge in [-0.1, -0.05) is 0 Å². The quantitative estimate of drug-likeness (QED) is 0.783. The molecule has 3 N–H and O–H groups in total. The lowest BCUT2D eigenvalue weighted by Crippen LogP contribution is -2.43. The van der Waals surface area contributed by atoms with Crippen LogP contribution in [-0.4, -0.2) is 37.6 Å². The summed E-state index contributed by atoms with van der Waals surface area (Å²) in [6.45, 7) is 2.06. The first-order valence-corrected chi connectivity index (χ1v) is 7.74. The first kappa shape index (κ1) is 17.7. The minimum Gasteiger partial charge on any atom is -0.378 e. The molecule has 2 aliphatic heterocycles. The van der Waals surface area contributed by atoms with Gasteiger partial charge in [0.2, 0.25) is 11.8 Å². The predicted octanol–water partition coefficient (Wildman–Crippen LogP) is 1.70. The number of halogens is 1. The highest BCUT2D eigenvalue weighted by Gasteiger charge is 2.18. The van der Waals surface area contributed by atoms with Gasteiger partial charge in [-0.15, -0.1) is 12.4 Å². The van der Waals surface area contributed by atoms with E-state index in [0.717, 1.165) is 36.3 Å². The Labute approximate surface area is 141 Å².